The molecule has 4 N–H and O–H groups in total. The van der Waals surface area contributed by atoms with E-state index in [9.17, 15) is 19.8 Å². The molecule has 0 radical (unpaired) electrons. The molecule has 1 aromatic carbocycles. The monoisotopic (exact) mass is 283 g/mol. The highest BCUT2D eigenvalue weighted by atomic mass is 16.6. The summed E-state index contributed by atoms with van der Waals surface area (Å²) in [6.07, 6.45) is -2.49. The number of carbonyl (C=O) groups excluding carboxylic acids is 1. The van der Waals surface area contributed by atoms with E-state index < -0.39 is 23.8 Å². The van der Waals surface area contributed by atoms with Crippen molar-refractivity contribution in [1.82, 2.24) is 0 Å². The van der Waals surface area contributed by atoms with Crippen molar-refractivity contribution in [2.24, 2.45) is 0 Å². The van der Waals surface area contributed by atoms with E-state index in [2.05, 4.69) is 5.32 Å². The average Bonchev–Trinajstić information content (AvgIpc) is 2.28. The highest BCUT2D eigenvalue weighted by Gasteiger charge is 2.20. The van der Waals surface area contributed by atoms with Gasteiger partial charge in [0, 0.05) is 0 Å². The Morgan fingerprint density at radius 1 is 1.30 bits per heavy atom. The number of carboxylic acid groups (broad SMARTS) is 1. The minimum absolute atomic E-state index is 0.00439. The van der Waals surface area contributed by atoms with Gasteiger partial charge in [0.2, 0.25) is 0 Å². The second-order valence-electron chi connectivity index (χ2n) is 5.14. The van der Waals surface area contributed by atoms with Gasteiger partial charge in [0.05, 0.1) is 5.69 Å². The van der Waals surface area contributed by atoms with E-state index in [1.54, 1.807) is 20.8 Å². The van der Waals surface area contributed by atoms with Crippen LogP contribution in [0, 0.1) is 0 Å². The lowest BCUT2D eigenvalue weighted by molar-refractivity contribution is -0.146. The molecule has 0 fully saturated rings. The van der Waals surface area contributed by atoms with Crippen LogP contribution in [0.3, 0.4) is 0 Å². The number of ether oxygens (including phenoxy) is 1. The van der Waals surface area contributed by atoms with Crippen LogP contribution in [0.4, 0.5) is 10.5 Å². The van der Waals surface area contributed by atoms with Gasteiger partial charge in [-0.2, -0.15) is 0 Å². The Balaban J connectivity index is 2.84. The largest absolute Gasteiger partial charge is 0.506 e. The first kappa shape index (κ1) is 15.8. The molecule has 110 valence electrons. The van der Waals surface area contributed by atoms with Crippen molar-refractivity contribution in [2.45, 2.75) is 32.5 Å². The molecule has 0 saturated carbocycles. The Labute approximate surface area is 115 Å². The molecule has 1 atom stereocenters. The molecule has 7 nitrogen and oxygen atoms in total. The fourth-order valence-corrected chi connectivity index (χ4v) is 1.38. The molecule has 1 rings (SSSR count). The van der Waals surface area contributed by atoms with Crippen molar-refractivity contribution in [3.63, 3.8) is 0 Å². The Hall–Kier alpha value is -2.28. The van der Waals surface area contributed by atoms with E-state index in [4.69, 9.17) is 9.84 Å². The molecular weight excluding hydrogens is 266 g/mol. The molecule has 0 aromatic heterocycles. The van der Waals surface area contributed by atoms with Crippen LogP contribution in [0.5, 0.6) is 5.75 Å². The highest BCUT2D eigenvalue weighted by Crippen LogP contribution is 2.27. The Morgan fingerprint density at radius 3 is 2.35 bits per heavy atom. The maximum Gasteiger partial charge on any atom is 0.412 e. The summed E-state index contributed by atoms with van der Waals surface area (Å²) < 4.78 is 5.01. The topological polar surface area (TPSA) is 116 Å². The van der Waals surface area contributed by atoms with Crippen molar-refractivity contribution >= 4 is 17.7 Å². The number of hydrogen-bond acceptors (Lipinski definition) is 5. The number of aliphatic carboxylic acids is 1. The summed E-state index contributed by atoms with van der Waals surface area (Å²) in [6, 6.07) is 3.62. The molecular formula is C13H17NO6. The smallest absolute Gasteiger partial charge is 0.412 e. The third-order valence-corrected chi connectivity index (χ3v) is 2.21. The maximum absolute atomic E-state index is 11.5. The Bertz CT molecular complexity index is 520. The molecule has 1 unspecified atom stereocenters. The van der Waals surface area contributed by atoms with Gasteiger partial charge in [-0.25, -0.2) is 9.59 Å². The molecule has 0 aliphatic heterocycles. The minimum Gasteiger partial charge on any atom is -0.506 e. The van der Waals surface area contributed by atoms with Gasteiger partial charge in [-0.05, 0) is 38.5 Å². The molecule has 7 heteroatoms. The van der Waals surface area contributed by atoms with Gasteiger partial charge in [-0.1, -0.05) is 6.07 Å². The van der Waals surface area contributed by atoms with Gasteiger partial charge in [0.1, 0.15) is 11.4 Å². The molecule has 0 aliphatic rings. The lowest BCUT2D eigenvalue weighted by Crippen LogP contribution is -2.27. The van der Waals surface area contributed by atoms with Gasteiger partial charge in [-0.3, -0.25) is 5.32 Å². The molecule has 0 saturated heterocycles. The van der Waals surface area contributed by atoms with Gasteiger partial charge >= 0.3 is 12.1 Å². The fraction of sp³-hybridized carbons (Fsp3) is 0.385. The first-order valence-electron chi connectivity index (χ1n) is 5.84. The van der Waals surface area contributed by atoms with Crippen LogP contribution in [0.1, 0.15) is 32.4 Å². The van der Waals surface area contributed by atoms with E-state index in [-0.39, 0.29) is 17.0 Å². The number of phenolic OH excluding ortho intramolecular Hbond substituents is 1. The number of anilines is 1. The zero-order valence-corrected chi connectivity index (χ0v) is 11.4. The standard InChI is InChI=1S/C13H17NO6/c1-13(2,3)20-12(19)14-8-5-4-7(6-9(8)15)10(16)11(17)18/h4-6,10,15-16H,1-3H3,(H,14,19)(H,17,18). The summed E-state index contributed by atoms with van der Waals surface area (Å²) >= 11 is 0. The van der Waals surface area contributed by atoms with E-state index in [1.807, 2.05) is 0 Å². The summed E-state index contributed by atoms with van der Waals surface area (Å²) in [6.45, 7) is 5.08. The molecule has 0 heterocycles. The number of nitrogens with one attached hydrogen (secondary N) is 1. The third-order valence-electron chi connectivity index (χ3n) is 2.21. The van der Waals surface area contributed by atoms with E-state index in [0.717, 1.165) is 6.07 Å². The summed E-state index contributed by atoms with van der Waals surface area (Å²) in [5.41, 5.74) is -0.621. The number of rotatable bonds is 3. The number of carboxylic acids is 1. The number of hydrogen-bond donors (Lipinski definition) is 4. The number of benzene rings is 1. The van der Waals surface area contributed by atoms with Gasteiger partial charge < -0.3 is 20.1 Å². The predicted molar refractivity (Wildman–Crippen MR) is 70.6 cm³/mol. The van der Waals surface area contributed by atoms with E-state index >= 15 is 0 Å². The first-order valence-corrected chi connectivity index (χ1v) is 5.84. The van der Waals surface area contributed by atoms with Crippen LogP contribution in [0.2, 0.25) is 0 Å². The number of amides is 1. The van der Waals surface area contributed by atoms with Crippen molar-refractivity contribution < 1.29 is 29.6 Å². The second-order valence-corrected chi connectivity index (χ2v) is 5.14. The number of phenols is 1. The van der Waals surface area contributed by atoms with Gasteiger partial charge in [-0.15, -0.1) is 0 Å². The maximum atomic E-state index is 11.5. The summed E-state index contributed by atoms with van der Waals surface area (Å²) in [5, 5.41) is 30.0. The highest BCUT2D eigenvalue weighted by molar-refractivity contribution is 5.87. The quantitative estimate of drug-likeness (QED) is 0.629. The second kappa shape index (κ2) is 5.79. The lowest BCUT2D eigenvalue weighted by atomic mass is 10.1. The molecule has 1 aromatic rings. The van der Waals surface area contributed by atoms with Crippen LogP contribution >= 0.6 is 0 Å². The van der Waals surface area contributed by atoms with Gasteiger partial charge in [0.15, 0.2) is 6.10 Å². The average molecular weight is 283 g/mol. The fourth-order valence-electron chi connectivity index (χ4n) is 1.38. The predicted octanol–water partition coefficient (Wildman–Crippen LogP) is 1.86. The summed E-state index contributed by atoms with van der Waals surface area (Å²) in [7, 11) is 0. The van der Waals surface area contributed by atoms with E-state index in [0.29, 0.717) is 0 Å². The Kier molecular flexibility index (Phi) is 4.57. The Morgan fingerprint density at radius 2 is 1.90 bits per heavy atom. The van der Waals surface area contributed by atoms with Crippen molar-refractivity contribution in [3.8, 4) is 5.75 Å². The molecule has 0 spiro atoms. The molecule has 0 bridgehead atoms. The molecule has 1 amide bonds. The van der Waals surface area contributed by atoms with Crippen LogP contribution < -0.4 is 5.32 Å². The molecule has 20 heavy (non-hydrogen) atoms. The zero-order chi connectivity index (χ0) is 15.5. The summed E-state index contributed by atoms with van der Waals surface area (Å²) in [5.74, 6) is -1.80. The number of aromatic hydroxyl groups is 1. The van der Waals surface area contributed by atoms with Crippen LogP contribution in [0.25, 0.3) is 0 Å². The normalized spacial score (nSPS) is 12.6. The number of aliphatic hydroxyl groups excluding tert-OH is 1. The van der Waals surface area contributed by atoms with Crippen molar-refractivity contribution in [2.75, 3.05) is 5.32 Å². The molecule has 0 aliphatic carbocycles. The van der Waals surface area contributed by atoms with Crippen molar-refractivity contribution in [1.29, 1.82) is 0 Å². The van der Waals surface area contributed by atoms with Gasteiger partial charge in [0.25, 0.3) is 0 Å². The number of carbonyl (C=O) groups is 2. The lowest BCUT2D eigenvalue weighted by Gasteiger charge is -2.20. The third kappa shape index (κ3) is 4.43. The van der Waals surface area contributed by atoms with Crippen LogP contribution in [-0.4, -0.2) is 33.0 Å². The summed E-state index contributed by atoms with van der Waals surface area (Å²) in [4.78, 5) is 22.1. The number of aliphatic hydroxyl groups is 1. The van der Waals surface area contributed by atoms with Crippen LogP contribution in [0.15, 0.2) is 18.2 Å². The SMILES string of the molecule is CC(C)(C)OC(=O)Nc1ccc(C(O)C(=O)O)cc1O. The van der Waals surface area contributed by atoms with E-state index in [1.165, 1.54) is 12.1 Å². The van der Waals surface area contributed by atoms with Crippen LogP contribution in [-0.2, 0) is 9.53 Å². The zero-order valence-electron chi connectivity index (χ0n) is 11.4. The van der Waals surface area contributed by atoms with Crippen molar-refractivity contribution in [3.05, 3.63) is 23.8 Å². The minimum atomic E-state index is -1.74. The first-order chi connectivity index (χ1) is 9.10.